The maximum Gasteiger partial charge on any atom is 0.265 e. The Bertz CT molecular complexity index is 865. The number of benzene rings is 1. The molecule has 2 atom stereocenters. The van der Waals surface area contributed by atoms with Crippen LogP contribution < -0.4 is 4.90 Å². The second kappa shape index (κ2) is 5.33. The van der Waals surface area contributed by atoms with Crippen LogP contribution in [0.15, 0.2) is 47.3 Å². The number of aliphatic hydroxyl groups excluding tert-OH is 1. The third-order valence-corrected chi connectivity index (χ3v) is 4.96. The summed E-state index contributed by atoms with van der Waals surface area (Å²) in [4.78, 5) is 17.3. The second-order valence-electron chi connectivity index (χ2n) is 6.56. The van der Waals surface area contributed by atoms with Gasteiger partial charge in [-0.25, -0.2) is 10.1 Å². The van der Waals surface area contributed by atoms with Crippen molar-refractivity contribution in [1.82, 2.24) is 0 Å². The van der Waals surface area contributed by atoms with E-state index in [1.54, 1.807) is 12.1 Å². The zero-order valence-electron chi connectivity index (χ0n) is 13.7. The number of Topliss-reactive ketones (excluding diaryl/α,β-unsaturated/α-hetero) is 1. The molecular weight excluding hydrogens is 302 g/mol. The molecule has 0 saturated heterocycles. The minimum atomic E-state index is -1.34. The Hall–Kier alpha value is -2.89. The van der Waals surface area contributed by atoms with Crippen LogP contribution in [0.1, 0.15) is 19.4 Å². The van der Waals surface area contributed by atoms with Gasteiger partial charge in [-0.05, 0) is 17.2 Å². The lowest BCUT2D eigenvalue weighted by Crippen LogP contribution is -2.45. The SMILES string of the molecule is [C-]#[N+]/C(C#N)=C1/C(O)C(=O)C1C=C1N(C)c2ccccc2C1(C)C. The topological polar surface area (TPSA) is 68.7 Å². The zero-order valence-corrected chi connectivity index (χ0v) is 13.7. The summed E-state index contributed by atoms with van der Waals surface area (Å²) in [5.41, 5.74) is 2.86. The monoisotopic (exact) mass is 319 g/mol. The minimum absolute atomic E-state index is 0.195. The van der Waals surface area contributed by atoms with Gasteiger partial charge in [-0.15, -0.1) is 0 Å². The number of allylic oxidation sites excluding steroid dienone is 3. The van der Waals surface area contributed by atoms with E-state index in [9.17, 15) is 9.90 Å². The molecule has 1 heterocycles. The molecule has 1 saturated carbocycles. The third kappa shape index (κ3) is 1.99. The molecule has 1 aromatic rings. The van der Waals surface area contributed by atoms with E-state index in [0.29, 0.717) is 0 Å². The number of likely N-dealkylation sites (N-methyl/N-ethyl adjacent to an activating group) is 1. The Morgan fingerprint density at radius 3 is 2.71 bits per heavy atom. The first-order valence-electron chi connectivity index (χ1n) is 7.63. The van der Waals surface area contributed by atoms with Crippen LogP contribution >= 0.6 is 0 Å². The standard InChI is InChI=1S/C19H17N3O2/c1-19(2)12-7-5-6-8-14(12)22(4)15(19)9-11-16(13(10-20)21-3)18(24)17(11)23/h5-9,11,18,24H,1-2,4H3/b15-9?,16-13+. The van der Waals surface area contributed by atoms with E-state index in [1.807, 2.05) is 30.1 Å². The van der Waals surface area contributed by atoms with E-state index < -0.39 is 12.0 Å². The number of aliphatic hydroxyl groups is 1. The Balaban J connectivity index is 2.10. The van der Waals surface area contributed by atoms with Crippen molar-refractivity contribution in [2.75, 3.05) is 11.9 Å². The smallest absolute Gasteiger partial charge is 0.265 e. The summed E-state index contributed by atoms with van der Waals surface area (Å²) in [6, 6.07) is 9.80. The van der Waals surface area contributed by atoms with Gasteiger partial charge in [-0.2, -0.15) is 0 Å². The van der Waals surface area contributed by atoms with Crippen molar-refractivity contribution >= 4 is 11.5 Å². The van der Waals surface area contributed by atoms with E-state index >= 15 is 0 Å². The number of carbonyl (C=O) groups excluding carboxylic acids is 1. The molecular formula is C19H17N3O2. The van der Waals surface area contributed by atoms with Crippen molar-refractivity contribution in [2.24, 2.45) is 5.92 Å². The molecule has 2 unspecified atom stereocenters. The Morgan fingerprint density at radius 1 is 1.46 bits per heavy atom. The highest BCUT2D eigenvalue weighted by Gasteiger charge is 2.47. The first-order valence-corrected chi connectivity index (χ1v) is 7.63. The first kappa shape index (κ1) is 16.0. The fourth-order valence-corrected chi connectivity index (χ4v) is 3.61. The van der Waals surface area contributed by atoms with Crippen LogP contribution in [-0.4, -0.2) is 24.0 Å². The number of para-hydroxylation sites is 1. The highest BCUT2D eigenvalue weighted by Crippen LogP contribution is 2.48. The van der Waals surface area contributed by atoms with Crippen LogP contribution in [0, 0.1) is 23.8 Å². The first-order chi connectivity index (χ1) is 11.3. The number of anilines is 1. The molecule has 5 heteroatoms. The van der Waals surface area contributed by atoms with Crippen LogP contribution in [0.5, 0.6) is 0 Å². The fourth-order valence-electron chi connectivity index (χ4n) is 3.61. The summed E-state index contributed by atoms with van der Waals surface area (Å²) in [5, 5.41) is 18.9. The number of nitriles is 1. The van der Waals surface area contributed by atoms with Gasteiger partial charge in [-0.1, -0.05) is 38.1 Å². The molecule has 1 aliphatic carbocycles. The quantitative estimate of drug-likeness (QED) is 0.638. The molecule has 0 spiro atoms. The molecule has 0 bridgehead atoms. The maximum atomic E-state index is 12.1. The Kier molecular flexibility index (Phi) is 3.55. The summed E-state index contributed by atoms with van der Waals surface area (Å²) >= 11 is 0. The van der Waals surface area contributed by atoms with Crippen molar-refractivity contribution < 1.29 is 9.90 Å². The van der Waals surface area contributed by atoms with Gasteiger partial charge < -0.3 is 10.0 Å². The fraction of sp³-hybridized carbons (Fsp3) is 0.316. The van der Waals surface area contributed by atoms with E-state index in [1.165, 1.54) is 0 Å². The lowest BCUT2D eigenvalue weighted by molar-refractivity contribution is -0.133. The van der Waals surface area contributed by atoms with E-state index in [2.05, 4.69) is 24.8 Å². The molecule has 0 amide bonds. The zero-order chi connectivity index (χ0) is 17.6. The summed E-state index contributed by atoms with van der Waals surface area (Å²) in [7, 11) is 1.93. The number of ketones is 1. The predicted octanol–water partition coefficient (Wildman–Crippen LogP) is 2.55. The maximum absolute atomic E-state index is 12.1. The van der Waals surface area contributed by atoms with Gasteiger partial charge in [0.2, 0.25) is 0 Å². The number of carbonyl (C=O) groups is 1. The van der Waals surface area contributed by atoms with Crippen LogP contribution in [-0.2, 0) is 10.2 Å². The molecule has 2 aliphatic rings. The van der Waals surface area contributed by atoms with E-state index in [-0.39, 0.29) is 22.5 Å². The van der Waals surface area contributed by atoms with Gasteiger partial charge in [-0.3, -0.25) is 4.79 Å². The van der Waals surface area contributed by atoms with Crippen molar-refractivity contribution in [3.63, 3.8) is 0 Å². The molecule has 1 fully saturated rings. The lowest BCUT2D eigenvalue weighted by atomic mass is 9.72. The largest absolute Gasteiger partial charge is 0.382 e. The van der Waals surface area contributed by atoms with Gasteiger partial charge in [0.15, 0.2) is 5.78 Å². The van der Waals surface area contributed by atoms with E-state index in [4.69, 9.17) is 11.8 Å². The van der Waals surface area contributed by atoms with Gasteiger partial charge in [0.05, 0.1) is 18.6 Å². The summed E-state index contributed by atoms with van der Waals surface area (Å²) in [6.07, 6.45) is 0.445. The summed E-state index contributed by atoms with van der Waals surface area (Å²) < 4.78 is 0. The summed E-state index contributed by atoms with van der Waals surface area (Å²) in [6.45, 7) is 11.2. The molecule has 1 aromatic carbocycles. The van der Waals surface area contributed by atoms with Gasteiger partial charge in [0, 0.05) is 23.8 Å². The van der Waals surface area contributed by atoms with Crippen LogP contribution in [0.2, 0.25) is 0 Å². The van der Waals surface area contributed by atoms with Crippen molar-refractivity contribution in [3.05, 3.63) is 64.3 Å². The van der Waals surface area contributed by atoms with Crippen LogP contribution in [0.4, 0.5) is 5.69 Å². The van der Waals surface area contributed by atoms with Crippen molar-refractivity contribution in [3.8, 4) is 6.07 Å². The highest BCUT2D eigenvalue weighted by atomic mass is 16.3. The predicted molar refractivity (Wildman–Crippen MR) is 89.7 cm³/mol. The van der Waals surface area contributed by atoms with Crippen LogP contribution in [0.25, 0.3) is 4.85 Å². The Morgan fingerprint density at radius 2 is 2.12 bits per heavy atom. The van der Waals surface area contributed by atoms with Gasteiger partial charge >= 0.3 is 0 Å². The summed E-state index contributed by atoms with van der Waals surface area (Å²) in [5.74, 6) is -1.08. The number of rotatable bonds is 1. The third-order valence-electron chi connectivity index (χ3n) is 4.96. The number of hydrogen-bond acceptors (Lipinski definition) is 4. The Labute approximate surface area is 140 Å². The molecule has 0 aromatic heterocycles. The number of fused-ring (bicyclic) bond motifs is 1. The van der Waals surface area contributed by atoms with Crippen molar-refractivity contribution in [2.45, 2.75) is 25.4 Å². The average molecular weight is 319 g/mol. The lowest BCUT2D eigenvalue weighted by Gasteiger charge is -2.34. The molecule has 3 rings (SSSR count). The minimum Gasteiger partial charge on any atom is -0.382 e. The van der Waals surface area contributed by atoms with E-state index in [0.717, 1.165) is 16.9 Å². The van der Waals surface area contributed by atoms with Gasteiger partial charge in [0.25, 0.3) is 5.70 Å². The number of nitrogens with zero attached hydrogens (tertiary/aromatic N) is 3. The molecule has 5 nitrogen and oxygen atoms in total. The van der Waals surface area contributed by atoms with Crippen molar-refractivity contribution in [1.29, 1.82) is 5.26 Å². The average Bonchev–Trinajstić information content (AvgIpc) is 2.78. The molecule has 24 heavy (non-hydrogen) atoms. The highest BCUT2D eigenvalue weighted by molar-refractivity contribution is 6.01. The molecule has 120 valence electrons. The normalized spacial score (nSPS) is 28.0. The van der Waals surface area contributed by atoms with Crippen LogP contribution in [0.3, 0.4) is 0 Å². The molecule has 1 aliphatic heterocycles. The second-order valence-corrected chi connectivity index (χ2v) is 6.56. The number of hydrogen-bond donors (Lipinski definition) is 1. The molecule has 1 N–H and O–H groups in total. The molecule has 0 radical (unpaired) electrons. The van der Waals surface area contributed by atoms with Gasteiger partial charge in [0.1, 0.15) is 6.10 Å².